The van der Waals surface area contributed by atoms with Crippen molar-refractivity contribution < 1.29 is 19.4 Å². The fourth-order valence-electron chi connectivity index (χ4n) is 6.56. The van der Waals surface area contributed by atoms with Gasteiger partial charge in [0.25, 0.3) is 5.91 Å². The van der Waals surface area contributed by atoms with Crippen LogP contribution in [0.3, 0.4) is 0 Å². The zero-order valence-electron chi connectivity index (χ0n) is 20.4. The van der Waals surface area contributed by atoms with E-state index >= 15 is 0 Å². The molecule has 2 bridgehead atoms. The van der Waals surface area contributed by atoms with Gasteiger partial charge in [-0.1, -0.05) is 25.5 Å². The summed E-state index contributed by atoms with van der Waals surface area (Å²) in [5, 5.41) is 21.1. The Balaban J connectivity index is 1.37. The zero-order chi connectivity index (χ0) is 24.5. The lowest BCUT2D eigenvalue weighted by molar-refractivity contribution is -0.145. The van der Waals surface area contributed by atoms with Gasteiger partial charge < -0.3 is 14.7 Å². The van der Waals surface area contributed by atoms with Crippen LogP contribution in [0, 0.1) is 23.2 Å². The van der Waals surface area contributed by atoms with Crippen LogP contribution in [0.2, 0.25) is 0 Å². The van der Waals surface area contributed by atoms with E-state index in [0.717, 1.165) is 48.8 Å². The summed E-state index contributed by atoms with van der Waals surface area (Å²) in [6.45, 7) is 2.24. The molecular weight excluding hydrogens is 440 g/mol. The van der Waals surface area contributed by atoms with E-state index in [-0.39, 0.29) is 30.0 Å². The number of benzene rings is 2. The third kappa shape index (κ3) is 4.61. The lowest BCUT2D eigenvalue weighted by atomic mass is 9.78. The number of aliphatic carboxylic acids is 1. The lowest BCUT2D eigenvalue weighted by Gasteiger charge is -2.48. The molecule has 0 spiro atoms. The van der Waals surface area contributed by atoms with Crippen LogP contribution in [0.15, 0.2) is 30.3 Å². The monoisotopic (exact) mass is 474 g/mol. The van der Waals surface area contributed by atoms with E-state index in [1.54, 1.807) is 6.07 Å². The summed E-state index contributed by atoms with van der Waals surface area (Å²) in [6, 6.07) is 11.7. The fourth-order valence-corrected chi connectivity index (χ4v) is 6.56. The van der Waals surface area contributed by atoms with Crippen LogP contribution >= 0.6 is 0 Å². The molecule has 3 aliphatic rings. The standard InChI is InChI=1S/C29H34N2O4/c1-2-18-6-10-24(11-7-18)35-27-13-9-19-14-20(8-12-25(19)26(27)17-30)28(32)31-22-4-3-5-23(31)16-21(15-22)29(33)34/h8-9,12-14,18,21-24H,2-7,10-11,15-16H2,1H3,(H,33,34)/t18-,21?,22?,23?,24+. The molecule has 6 heteroatoms. The molecule has 2 aliphatic heterocycles. The van der Waals surface area contributed by atoms with Crippen molar-refractivity contribution in [2.24, 2.45) is 11.8 Å². The summed E-state index contributed by atoms with van der Waals surface area (Å²) >= 11 is 0. The molecule has 1 aliphatic carbocycles. The predicted octanol–water partition coefficient (Wildman–Crippen LogP) is 5.92. The molecule has 5 rings (SSSR count). The number of hydrogen-bond donors (Lipinski definition) is 1. The molecule has 2 saturated heterocycles. The van der Waals surface area contributed by atoms with E-state index in [2.05, 4.69) is 13.0 Å². The van der Waals surface area contributed by atoms with Gasteiger partial charge in [-0.05, 0) is 87.3 Å². The van der Waals surface area contributed by atoms with Gasteiger partial charge in [0.2, 0.25) is 0 Å². The van der Waals surface area contributed by atoms with Crippen LogP contribution in [-0.4, -0.2) is 40.1 Å². The molecule has 2 aromatic carbocycles. The summed E-state index contributed by atoms with van der Waals surface area (Å²) in [6.07, 6.45) is 9.58. The maximum Gasteiger partial charge on any atom is 0.306 e. The van der Waals surface area contributed by atoms with Crippen LogP contribution in [0.25, 0.3) is 10.8 Å². The molecular formula is C29H34N2O4. The number of carboxylic acid groups (broad SMARTS) is 1. The molecule has 1 N–H and O–H groups in total. The number of ether oxygens (including phenoxy) is 1. The highest BCUT2D eigenvalue weighted by atomic mass is 16.5. The minimum Gasteiger partial charge on any atom is -0.489 e. The van der Waals surface area contributed by atoms with Gasteiger partial charge in [0.05, 0.1) is 12.0 Å². The molecule has 2 heterocycles. The van der Waals surface area contributed by atoms with E-state index in [1.165, 1.54) is 19.3 Å². The summed E-state index contributed by atoms with van der Waals surface area (Å²) in [5.41, 5.74) is 1.12. The Morgan fingerprint density at radius 3 is 2.40 bits per heavy atom. The molecule has 35 heavy (non-hydrogen) atoms. The van der Waals surface area contributed by atoms with Crippen molar-refractivity contribution in [3.63, 3.8) is 0 Å². The number of carbonyl (C=O) groups excluding carboxylic acids is 1. The average molecular weight is 475 g/mol. The maximum absolute atomic E-state index is 13.6. The molecule has 1 saturated carbocycles. The summed E-state index contributed by atoms with van der Waals surface area (Å²) in [7, 11) is 0. The van der Waals surface area contributed by atoms with E-state index in [9.17, 15) is 20.0 Å². The Labute approximate surface area is 206 Å². The van der Waals surface area contributed by atoms with Gasteiger partial charge in [0.15, 0.2) is 0 Å². The Hall–Kier alpha value is -3.07. The van der Waals surface area contributed by atoms with Crippen molar-refractivity contribution in [1.29, 1.82) is 5.26 Å². The largest absolute Gasteiger partial charge is 0.489 e. The van der Waals surface area contributed by atoms with Crippen molar-refractivity contribution in [2.75, 3.05) is 0 Å². The molecule has 0 radical (unpaired) electrons. The second-order valence-electron chi connectivity index (χ2n) is 10.6. The Bertz CT molecular complexity index is 1150. The van der Waals surface area contributed by atoms with E-state index < -0.39 is 5.97 Å². The highest BCUT2D eigenvalue weighted by molar-refractivity contribution is 6.00. The van der Waals surface area contributed by atoms with Gasteiger partial charge in [-0.15, -0.1) is 0 Å². The van der Waals surface area contributed by atoms with Gasteiger partial charge >= 0.3 is 5.97 Å². The minimum atomic E-state index is -0.750. The molecule has 2 unspecified atom stereocenters. The minimum absolute atomic E-state index is 0.0139. The second kappa shape index (κ2) is 9.89. The van der Waals surface area contributed by atoms with E-state index in [1.807, 2.05) is 29.2 Å². The number of piperidine rings is 2. The third-order valence-electron chi connectivity index (χ3n) is 8.56. The summed E-state index contributed by atoms with van der Waals surface area (Å²) in [5.74, 6) is 0.272. The van der Waals surface area contributed by atoms with Crippen molar-refractivity contribution in [1.82, 2.24) is 4.90 Å². The smallest absolute Gasteiger partial charge is 0.306 e. The van der Waals surface area contributed by atoms with Crippen LogP contribution < -0.4 is 4.74 Å². The first-order chi connectivity index (χ1) is 17.0. The van der Waals surface area contributed by atoms with Crippen molar-refractivity contribution in [3.05, 3.63) is 41.5 Å². The van der Waals surface area contributed by atoms with E-state index in [4.69, 9.17) is 4.74 Å². The van der Waals surface area contributed by atoms with Crippen LogP contribution in [0.5, 0.6) is 5.75 Å². The van der Waals surface area contributed by atoms with Crippen LogP contribution in [0.1, 0.15) is 87.1 Å². The number of nitriles is 1. The van der Waals surface area contributed by atoms with Gasteiger partial charge in [-0.25, -0.2) is 0 Å². The van der Waals surface area contributed by atoms with Gasteiger partial charge in [-0.2, -0.15) is 5.26 Å². The zero-order valence-corrected chi connectivity index (χ0v) is 20.4. The fraction of sp³-hybridized carbons (Fsp3) is 0.552. The van der Waals surface area contributed by atoms with Gasteiger partial charge in [0.1, 0.15) is 17.4 Å². The number of rotatable bonds is 5. The van der Waals surface area contributed by atoms with Gasteiger partial charge in [0, 0.05) is 23.0 Å². The number of carbonyl (C=O) groups is 2. The molecule has 0 aromatic heterocycles. The maximum atomic E-state index is 13.6. The SMILES string of the molecule is CC[C@H]1CC[C@@H](Oc2ccc3cc(C(=O)N4C5CCCC4CC(C(=O)O)C5)ccc3c2C#N)CC1. The number of hydrogen-bond acceptors (Lipinski definition) is 4. The van der Waals surface area contributed by atoms with E-state index in [0.29, 0.717) is 29.7 Å². The molecule has 6 nitrogen and oxygen atoms in total. The number of nitrogens with zero attached hydrogens (tertiary/aromatic N) is 2. The third-order valence-corrected chi connectivity index (χ3v) is 8.56. The topological polar surface area (TPSA) is 90.6 Å². The Morgan fingerprint density at radius 1 is 1.06 bits per heavy atom. The lowest BCUT2D eigenvalue weighted by Crippen LogP contribution is -2.55. The molecule has 2 aromatic rings. The number of carboxylic acids is 1. The number of fused-ring (bicyclic) bond motifs is 3. The number of amides is 1. The quantitative estimate of drug-likeness (QED) is 0.581. The summed E-state index contributed by atoms with van der Waals surface area (Å²) < 4.78 is 6.29. The average Bonchev–Trinajstić information content (AvgIpc) is 2.87. The highest BCUT2D eigenvalue weighted by Gasteiger charge is 2.43. The van der Waals surface area contributed by atoms with Crippen molar-refractivity contribution in [2.45, 2.75) is 89.3 Å². The first kappa shape index (κ1) is 23.7. The molecule has 1 amide bonds. The van der Waals surface area contributed by atoms with Crippen molar-refractivity contribution in [3.8, 4) is 11.8 Å². The highest BCUT2D eigenvalue weighted by Crippen LogP contribution is 2.39. The first-order valence-corrected chi connectivity index (χ1v) is 13.2. The van der Waals surface area contributed by atoms with Crippen LogP contribution in [-0.2, 0) is 4.79 Å². The Kier molecular flexibility index (Phi) is 6.69. The molecule has 3 fully saturated rings. The Morgan fingerprint density at radius 2 is 1.77 bits per heavy atom. The van der Waals surface area contributed by atoms with Gasteiger partial charge in [-0.3, -0.25) is 9.59 Å². The second-order valence-corrected chi connectivity index (χ2v) is 10.6. The molecule has 184 valence electrons. The normalized spacial score (nSPS) is 28.3. The summed E-state index contributed by atoms with van der Waals surface area (Å²) in [4.78, 5) is 27.1. The van der Waals surface area contributed by atoms with Crippen molar-refractivity contribution >= 4 is 22.6 Å². The van der Waals surface area contributed by atoms with Crippen LogP contribution in [0.4, 0.5) is 0 Å². The first-order valence-electron chi connectivity index (χ1n) is 13.2. The predicted molar refractivity (Wildman–Crippen MR) is 133 cm³/mol. The molecule has 2 atom stereocenters.